The van der Waals surface area contributed by atoms with E-state index in [-0.39, 0.29) is 28.3 Å². The van der Waals surface area contributed by atoms with E-state index >= 15 is 0 Å². The van der Waals surface area contributed by atoms with E-state index in [0.29, 0.717) is 31.9 Å². The Labute approximate surface area is 293 Å². The van der Waals surface area contributed by atoms with E-state index in [1.165, 1.54) is 18.2 Å². The van der Waals surface area contributed by atoms with Crippen LogP contribution in [-0.4, -0.2) is 82.7 Å². The summed E-state index contributed by atoms with van der Waals surface area (Å²) >= 11 is 0. The summed E-state index contributed by atoms with van der Waals surface area (Å²) in [5, 5.41) is 9.42. The highest BCUT2D eigenvalue weighted by Gasteiger charge is 2.36. The number of hydrogen-bond acceptors (Lipinski definition) is 9. The molecule has 0 radical (unpaired) electrons. The molecule has 1 aliphatic heterocycles. The lowest BCUT2D eigenvalue weighted by Crippen LogP contribution is -2.59. The summed E-state index contributed by atoms with van der Waals surface area (Å²) in [6.45, 7) is 13.3. The molecule has 3 aromatic carbocycles. The molecule has 1 aromatic heterocycles. The quantitative estimate of drug-likeness (QED) is 0.197. The highest BCUT2D eigenvalue weighted by molar-refractivity contribution is 7.92. The van der Waals surface area contributed by atoms with E-state index in [2.05, 4.69) is 31.7 Å². The average Bonchev–Trinajstić information content (AvgIpc) is 3.04. The number of carboxylic acids is 1. The number of carbonyl (C=O) groups excluding carboxylic acids is 1. The molecule has 0 saturated carbocycles. The minimum absolute atomic E-state index is 0.121. The maximum Gasteiger partial charge on any atom is 0.410 e. The molecule has 0 bridgehead atoms. The van der Waals surface area contributed by atoms with Gasteiger partial charge in [0.2, 0.25) is 11.8 Å². The zero-order valence-corrected chi connectivity index (χ0v) is 29.9. The molecule has 1 aliphatic rings. The third-order valence-corrected chi connectivity index (χ3v) is 9.64. The first-order valence-corrected chi connectivity index (χ1v) is 17.8. The molecule has 1 amide bonds. The number of nitrogens with zero attached hydrogens (tertiary/aromatic N) is 4. The molecule has 2 atom stereocenters. The van der Waals surface area contributed by atoms with Crippen LogP contribution in [0.1, 0.15) is 54.7 Å². The maximum atomic E-state index is 13.5. The summed E-state index contributed by atoms with van der Waals surface area (Å²) < 4.78 is 41.6. The van der Waals surface area contributed by atoms with Gasteiger partial charge in [0.1, 0.15) is 11.7 Å². The van der Waals surface area contributed by atoms with Crippen LogP contribution in [0.2, 0.25) is 0 Å². The van der Waals surface area contributed by atoms with Crippen LogP contribution in [0, 0.1) is 13.8 Å². The summed E-state index contributed by atoms with van der Waals surface area (Å²) in [6, 6.07) is 22.2. The van der Waals surface area contributed by atoms with Gasteiger partial charge in [-0.15, -0.1) is 0 Å². The van der Waals surface area contributed by atoms with Gasteiger partial charge in [-0.05, 0) is 76.4 Å². The third-order valence-electron chi connectivity index (χ3n) is 8.32. The first kappa shape index (κ1) is 36.3. The topological polar surface area (TPSA) is 151 Å². The second-order valence-corrected chi connectivity index (χ2v) is 15.1. The lowest BCUT2D eigenvalue weighted by atomic mass is 10.00. The van der Waals surface area contributed by atoms with Gasteiger partial charge in [-0.3, -0.25) is 4.90 Å². The van der Waals surface area contributed by atoms with E-state index in [0.717, 1.165) is 28.3 Å². The highest BCUT2D eigenvalue weighted by atomic mass is 32.2. The van der Waals surface area contributed by atoms with Crippen molar-refractivity contribution in [3.05, 3.63) is 101 Å². The van der Waals surface area contributed by atoms with E-state index < -0.39 is 33.8 Å². The van der Waals surface area contributed by atoms with Crippen molar-refractivity contribution >= 4 is 28.0 Å². The molecule has 1 fully saturated rings. The van der Waals surface area contributed by atoms with Crippen LogP contribution in [0.5, 0.6) is 5.88 Å². The number of piperazine rings is 1. The Bertz CT molecular complexity index is 1940. The van der Waals surface area contributed by atoms with Crippen LogP contribution < -0.4 is 9.46 Å². The van der Waals surface area contributed by atoms with E-state index in [1.54, 1.807) is 11.0 Å². The number of benzene rings is 3. The predicted molar refractivity (Wildman–Crippen MR) is 190 cm³/mol. The van der Waals surface area contributed by atoms with E-state index in [1.807, 2.05) is 77.9 Å². The molecule has 2 unspecified atom stereocenters. The van der Waals surface area contributed by atoms with Crippen molar-refractivity contribution in [3.8, 4) is 17.1 Å². The number of ether oxygens (including phenoxy) is 2. The van der Waals surface area contributed by atoms with Crippen LogP contribution in [-0.2, 0) is 21.3 Å². The second kappa shape index (κ2) is 14.9. The summed E-state index contributed by atoms with van der Waals surface area (Å²) in [4.78, 5) is 37.4. The number of aryl methyl sites for hydroxylation is 2. The molecule has 0 aliphatic carbocycles. The predicted octanol–water partition coefficient (Wildman–Crippen LogP) is 6.15. The molecular formula is C37H43N5O7S. The Hall–Kier alpha value is -5.01. The molecule has 1 saturated heterocycles. The van der Waals surface area contributed by atoms with Crippen molar-refractivity contribution in [2.75, 3.05) is 24.4 Å². The number of carbonyl (C=O) groups is 2. The van der Waals surface area contributed by atoms with Crippen LogP contribution >= 0.6 is 0 Å². The van der Waals surface area contributed by atoms with Crippen LogP contribution in [0.4, 0.5) is 10.7 Å². The largest absolute Gasteiger partial charge is 0.478 e. The molecule has 13 heteroatoms. The van der Waals surface area contributed by atoms with Gasteiger partial charge in [0, 0.05) is 37.8 Å². The van der Waals surface area contributed by atoms with E-state index in [9.17, 15) is 23.1 Å². The number of aromatic carboxylic acids is 1. The smallest absolute Gasteiger partial charge is 0.410 e. The number of anilines is 1. The summed E-state index contributed by atoms with van der Waals surface area (Å²) in [7, 11) is -4.29. The number of aromatic nitrogens is 2. The fourth-order valence-electron chi connectivity index (χ4n) is 5.92. The lowest BCUT2D eigenvalue weighted by molar-refractivity contribution is -0.0183. The molecule has 4 aromatic rings. The zero-order chi connectivity index (χ0) is 36.2. The number of hydrogen-bond donors (Lipinski definition) is 2. The first-order chi connectivity index (χ1) is 23.6. The number of nitrogens with one attached hydrogen (secondary N) is 1. The molecule has 12 nitrogen and oxygen atoms in total. The standard InChI is InChI=1S/C37H43N5O7S/c1-24-12-10-13-25(2)33(24)30-21-32(39-35(38-30)40-50(46,47)29-17-11-16-28(20-29)34(43)44)48-26(3)31-23-42(36(45)49-37(4,5)6)19-18-41(31)22-27-14-8-7-9-15-27/h7-17,20-21,26,31H,18-19,22-23H2,1-6H3,(H,43,44)(H,38,39,40). The minimum Gasteiger partial charge on any atom is -0.478 e. The fourth-order valence-corrected chi connectivity index (χ4v) is 6.91. The highest BCUT2D eigenvalue weighted by Crippen LogP contribution is 2.31. The Morgan fingerprint density at radius 2 is 1.64 bits per heavy atom. The number of amides is 1. The van der Waals surface area contributed by atoms with Crippen LogP contribution in [0.25, 0.3) is 11.3 Å². The lowest BCUT2D eigenvalue weighted by Gasteiger charge is -2.43. The molecular weight excluding hydrogens is 659 g/mol. The maximum absolute atomic E-state index is 13.5. The van der Waals surface area contributed by atoms with Gasteiger partial charge in [-0.25, -0.2) is 27.7 Å². The number of rotatable bonds is 10. The van der Waals surface area contributed by atoms with Gasteiger partial charge in [0.15, 0.2) is 0 Å². The van der Waals surface area contributed by atoms with Crippen molar-refractivity contribution < 1.29 is 32.6 Å². The number of carboxylic acid groups (broad SMARTS) is 1. The second-order valence-electron chi connectivity index (χ2n) is 13.4. The van der Waals surface area contributed by atoms with Crippen molar-refractivity contribution in [2.24, 2.45) is 0 Å². The van der Waals surface area contributed by atoms with Crippen LogP contribution in [0.15, 0.2) is 83.8 Å². The Morgan fingerprint density at radius 3 is 2.30 bits per heavy atom. The molecule has 264 valence electrons. The third kappa shape index (κ3) is 8.96. The van der Waals surface area contributed by atoms with Gasteiger partial charge < -0.3 is 19.5 Å². The minimum atomic E-state index is -4.29. The van der Waals surface area contributed by atoms with Crippen molar-refractivity contribution in [3.63, 3.8) is 0 Å². The molecule has 2 heterocycles. The van der Waals surface area contributed by atoms with Gasteiger partial charge >= 0.3 is 12.1 Å². The Balaban J connectivity index is 1.50. The van der Waals surface area contributed by atoms with Crippen molar-refractivity contribution in [1.29, 1.82) is 0 Å². The molecule has 5 rings (SSSR count). The van der Waals surface area contributed by atoms with Gasteiger partial charge in [-0.2, -0.15) is 4.98 Å². The van der Waals surface area contributed by atoms with E-state index in [4.69, 9.17) is 9.47 Å². The average molecular weight is 702 g/mol. The fraction of sp³-hybridized carbons (Fsp3) is 0.351. The van der Waals surface area contributed by atoms with Gasteiger partial charge in [-0.1, -0.05) is 54.6 Å². The van der Waals surface area contributed by atoms with Gasteiger partial charge in [0.05, 0.1) is 22.2 Å². The zero-order valence-electron chi connectivity index (χ0n) is 29.1. The van der Waals surface area contributed by atoms with Crippen molar-refractivity contribution in [1.82, 2.24) is 19.8 Å². The first-order valence-electron chi connectivity index (χ1n) is 16.3. The SMILES string of the molecule is Cc1cccc(C)c1-c1cc(OC(C)C2CN(C(=O)OC(C)(C)C)CCN2Cc2ccccc2)nc(NS(=O)(=O)c2cccc(C(=O)O)c2)n1. The summed E-state index contributed by atoms with van der Waals surface area (Å²) in [5.41, 5.74) is 3.34. The molecule has 2 N–H and O–H groups in total. The summed E-state index contributed by atoms with van der Waals surface area (Å²) in [6.07, 6.45) is -0.932. The molecule has 0 spiro atoms. The summed E-state index contributed by atoms with van der Waals surface area (Å²) in [5.74, 6) is -1.38. The van der Waals surface area contributed by atoms with Crippen LogP contribution in [0.3, 0.4) is 0 Å². The Morgan fingerprint density at radius 1 is 0.960 bits per heavy atom. The van der Waals surface area contributed by atoms with Crippen molar-refractivity contribution in [2.45, 2.75) is 70.7 Å². The van der Waals surface area contributed by atoms with Gasteiger partial charge in [0.25, 0.3) is 10.0 Å². The Kier molecular flexibility index (Phi) is 10.8. The monoisotopic (exact) mass is 701 g/mol. The molecule has 50 heavy (non-hydrogen) atoms. The number of sulfonamides is 1. The normalized spacial score (nSPS) is 16.0.